The lowest BCUT2D eigenvalue weighted by Gasteiger charge is -2.42. The normalized spacial score (nSPS) is 16.6. The molecule has 1 aliphatic heterocycles. The van der Waals surface area contributed by atoms with Crippen molar-refractivity contribution in [3.63, 3.8) is 0 Å². The zero-order valence-electron chi connectivity index (χ0n) is 19.3. The minimum atomic E-state index is -3.49. The third-order valence-electron chi connectivity index (χ3n) is 6.39. The zero-order chi connectivity index (χ0) is 24.6. The number of alkyl halides is 2. The van der Waals surface area contributed by atoms with E-state index < -0.39 is 23.3 Å². The standard InChI is InChI=1S/C26H29ClF3NOS/c1-6-17-20(12-13-21(27)24(17)28)23(26(32,14-33-5)25(4,29)30)16(3)18-8-7-9-22-19(18)11-10-15(2)31-22/h7-9,12-13,23,32H,3,6,10-11,14H2,1-2,4-5H3. The number of aliphatic hydroxyl groups is 1. The van der Waals surface area contributed by atoms with Crippen LogP contribution in [0.15, 0.2) is 41.9 Å². The highest BCUT2D eigenvalue weighted by Crippen LogP contribution is 2.50. The van der Waals surface area contributed by atoms with E-state index in [-0.39, 0.29) is 28.3 Å². The lowest BCUT2D eigenvalue weighted by Crippen LogP contribution is -2.53. The van der Waals surface area contributed by atoms with E-state index in [9.17, 15) is 5.11 Å². The van der Waals surface area contributed by atoms with Crippen LogP contribution in [0.1, 0.15) is 55.4 Å². The van der Waals surface area contributed by atoms with Crippen molar-refractivity contribution in [3.05, 3.63) is 70.0 Å². The summed E-state index contributed by atoms with van der Waals surface area (Å²) in [7, 11) is 0. The van der Waals surface area contributed by atoms with E-state index in [4.69, 9.17) is 11.6 Å². The maximum absolute atomic E-state index is 15.1. The Morgan fingerprint density at radius 1 is 1.27 bits per heavy atom. The molecule has 2 aromatic carbocycles. The number of aliphatic imine (C=N–C) groups is 1. The van der Waals surface area contributed by atoms with Gasteiger partial charge in [-0.05, 0) is 72.4 Å². The summed E-state index contributed by atoms with van der Waals surface area (Å²) in [6.07, 6.45) is 3.32. The first kappa shape index (κ1) is 25.9. The summed E-state index contributed by atoms with van der Waals surface area (Å²) in [5.41, 5.74) is 1.61. The highest BCUT2D eigenvalue weighted by atomic mass is 35.5. The predicted molar refractivity (Wildman–Crippen MR) is 134 cm³/mol. The van der Waals surface area contributed by atoms with Crippen LogP contribution >= 0.6 is 23.4 Å². The second-order valence-electron chi connectivity index (χ2n) is 8.64. The number of hydrogen-bond donors (Lipinski definition) is 1. The molecule has 2 unspecified atom stereocenters. The van der Waals surface area contributed by atoms with Crippen LogP contribution in [0.2, 0.25) is 5.02 Å². The van der Waals surface area contributed by atoms with E-state index in [1.54, 1.807) is 19.2 Å². The quantitative estimate of drug-likeness (QED) is 0.408. The molecule has 2 atom stereocenters. The molecule has 0 bridgehead atoms. The number of rotatable bonds is 8. The molecule has 2 aromatic rings. The summed E-state index contributed by atoms with van der Waals surface area (Å²) < 4.78 is 45.3. The first-order chi connectivity index (χ1) is 15.5. The van der Waals surface area contributed by atoms with Gasteiger partial charge in [-0.1, -0.05) is 43.3 Å². The van der Waals surface area contributed by atoms with Crippen LogP contribution in [0.4, 0.5) is 18.9 Å². The molecule has 2 nitrogen and oxygen atoms in total. The van der Waals surface area contributed by atoms with Crippen molar-refractivity contribution in [3.8, 4) is 0 Å². The molecule has 0 aliphatic carbocycles. The van der Waals surface area contributed by atoms with Gasteiger partial charge in [0, 0.05) is 24.3 Å². The highest BCUT2D eigenvalue weighted by Gasteiger charge is 2.55. The van der Waals surface area contributed by atoms with Gasteiger partial charge in [0.15, 0.2) is 0 Å². The molecule has 0 saturated heterocycles. The largest absolute Gasteiger partial charge is 0.382 e. The first-order valence-electron chi connectivity index (χ1n) is 10.9. The predicted octanol–water partition coefficient (Wildman–Crippen LogP) is 7.63. The third kappa shape index (κ3) is 4.75. The van der Waals surface area contributed by atoms with Crippen LogP contribution in [0.25, 0.3) is 5.57 Å². The molecule has 0 amide bonds. The number of thioether (sulfide) groups is 1. The van der Waals surface area contributed by atoms with Crippen molar-refractivity contribution >= 4 is 40.3 Å². The van der Waals surface area contributed by atoms with Gasteiger partial charge in [-0.25, -0.2) is 13.2 Å². The average molecular weight is 496 g/mol. The molecule has 178 valence electrons. The zero-order valence-corrected chi connectivity index (χ0v) is 20.9. The minimum absolute atomic E-state index is 0.0847. The molecule has 33 heavy (non-hydrogen) atoms. The van der Waals surface area contributed by atoms with Gasteiger partial charge in [0.25, 0.3) is 5.92 Å². The van der Waals surface area contributed by atoms with Crippen LogP contribution in [0, 0.1) is 5.82 Å². The topological polar surface area (TPSA) is 32.6 Å². The van der Waals surface area contributed by atoms with E-state index >= 15 is 13.2 Å². The number of fused-ring (bicyclic) bond motifs is 1. The number of halogens is 4. The SMILES string of the molecule is C=C(c1cccc2c1CCC(C)=N2)C(c1ccc(Cl)c(F)c1CC)C(O)(CSC)C(C)(F)F. The van der Waals surface area contributed by atoms with E-state index in [0.29, 0.717) is 24.5 Å². The van der Waals surface area contributed by atoms with Crippen molar-refractivity contribution in [2.45, 2.75) is 57.5 Å². The van der Waals surface area contributed by atoms with Gasteiger partial charge in [-0.3, -0.25) is 4.99 Å². The number of hydrogen-bond acceptors (Lipinski definition) is 3. The van der Waals surface area contributed by atoms with Gasteiger partial charge in [-0.2, -0.15) is 11.8 Å². The van der Waals surface area contributed by atoms with Gasteiger partial charge >= 0.3 is 0 Å². The molecular weight excluding hydrogens is 467 g/mol. The molecule has 0 aromatic heterocycles. The van der Waals surface area contributed by atoms with Crippen LogP contribution in [-0.2, 0) is 12.8 Å². The van der Waals surface area contributed by atoms with Crippen molar-refractivity contribution in [2.24, 2.45) is 4.99 Å². The maximum atomic E-state index is 15.1. The molecule has 0 radical (unpaired) electrons. The van der Waals surface area contributed by atoms with Crippen LogP contribution in [0.3, 0.4) is 0 Å². The van der Waals surface area contributed by atoms with Crippen LogP contribution in [0.5, 0.6) is 0 Å². The Balaban J connectivity index is 2.31. The maximum Gasteiger partial charge on any atom is 0.275 e. The third-order valence-corrected chi connectivity index (χ3v) is 7.41. The van der Waals surface area contributed by atoms with Gasteiger partial charge in [-0.15, -0.1) is 0 Å². The van der Waals surface area contributed by atoms with Crippen molar-refractivity contribution < 1.29 is 18.3 Å². The Hall–Kier alpha value is -1.76. The van der Waals surface area contributed by atoms with Crippen molar-refractivity contribution in [1.29, 1.82) is 0 Å². The average Bonchev–Trinajstić information content (AvgIpc) is 2.75. The summed E-state index contributed by atoms with van der Waals surface area (Å²) in [6, 6.07) is 8.39. The molecule has 0 saturated carbocycles. The van der Waals surface area contributed by atoms with Crippen LogP contribution < -0.4 is 0 Å². The highest BCUT2D eigenvalue weighted by molar-refractivity contribution is 7.98. The van der Waals surface area contributed by atoms with Gasteiger partial charge in [0.1, 0.15) is 11.4 Å². The van der Waals surface area contributed by atoms with Gasteiger partial charge in [0.2, 0.25) is 0 Å². The summed E-state index contributed by atoms with van der Waals surface area (Å²) in [5, 5.41) is 11.5. The lowest BCUT2D eigenvalue weighted by molar-refractivity contribution is -0.161. The summed E-state index contributed by atoms with van der Waals surface area (Å²) in [4.78, 5) is 4.61. The number of benzene rings is 2. The molecule has 0 fully saturated rings. The van der Waals surface area contributed by atoms with Gasteiger partial charge < -0.3 is 5.11 Å². The molecule has 0 spiro atoms. The molecular formula is C26H29ClF3NOS. The van der Waals surface area contributed by atoms with Crippen molar-refractivity contribution in [1.82, 2.24) is 0 Å². The second kappa shape index (κ2) is 9.85. The molecule has 1 N–H and O–H groups in total. The van der Waals surface area contributed by atoms with E-state index in [1.807, 2.05) is 19.1 Å². The Morgan fingerprint density at radius 2 is 1.97 bits per heavy atom. The monoisotopic (exact) mass is 495 g/mol. The summed E-state index contributed by atoms with van der Waals surface area (Å²) in [5.74, 6) is -5.67. The second-order valence-corrected chi connectivity index (χ2v) is 9.91. The lowest BCUT2D eigenvalue weighted by atomic mass is 9.71. The van der Waals surface area contributed by atoms with Gasteiger partial charge in [0.05, 0.1) is 10.7 Å². The Labute approximate surface area is 203 Å². The fourth-order valence-corrected chi connectivity index (χ4v) is 5.66. The molecule has 1 heterocycles. The molecule has 7 heteroatoms. The Kier molecular flexibility index (Phi) is 7.72. The molecule has 3 rings (SSSR count). The van der Waals surface area contributed by atoms with E-state index in [2.05, 4.69) is 11.6 Å². The molecule has 1 aliphatic rings. The number of nitrogens with zero attached hydrogens (tertiary/aromatic N) is 1. The van der Waals surface area contributed by atoms with Crippen molar-refractivity contribution in [2.75, 3.05) is 12.0 Å². The van der Waals surface area contributed by atoms with E-state index in [1.165, 1.54) is 12.1 Å². The summed E-state index contributed by atoms with van der Waals surface area (Å²) >= 11 is 7.12. The first-order valence-corrected chi connectivity index (χ1v) is 12.6. The van der Waals surface area contributed by atoms with E-state index in [0.717, 1.165) is 35.1 Å². The minimum Gasteiger partial charge on any atom is -0.382 e. The summed E-state index contributed by atoms with van der Waals surface area (Å²) in [6.45, 7) is 8.60. The van der Waals surface area contributed by atoms with Crippen LogP contribution in [-0.4, -0.2) is 34.4 Å². The smallest absolute Gasteiger partial charge is 0.275 e. The fraction of sp³-hybridized carbons (Fsp3) is 0.423. The Bertz CT molecular complexity index is 1100. The fourth-order valence-electron chi connectivity index (χ4n) is 4.62. The Morgan fingerprint density at radius 3 is 2.58 bits per heavy atom.